The zero-order chi connectivity index (χ0) is 13.2. The van der Waals surface area contributed by atoms with Gasteiger partial charge in [0.05, 0.1) is 11.6 Å². The molecule has 0 saturated carbocycles. The Morgan fingerprint density at radius 3 is 2.72 bits per heavy atom. The van der Waals surface area contributed by atoms with Gasteiger partial charge in [0.2, 0.25) is 0 Å². The molecule has 98 valence electrons. The van der Waals surface area contributed by atoms with Crippen molar-refractivity contribution in [2.75, 3.05) is 11.9 Å². The molecule has 0 spiro atoms. The highest BCUT2D eigenvalue weighted by Crippen LogP contribution is 2.19. The van der Waals surface area contributed by atoms with Gasteiger partial charge in [-0.15, -0.1) is 0 Å². The van der Waals surface area contributed by atoms with Gasteiger partial charge in [-0.1, -0.05) is 13.8 Å². The average Bonchev–Trinajstić information content (AvgIpc) is 2.78. The highest BCUT2D eigenvalue weighted by molar-refractivity contribution is 5.85. The molecule has 0 bridgehead atoms. The first-order chi connectivity index (χ1) is 8.59. The lowest BCUT2D eigenvalue weighted by molar-refractivity contribution is 0.418. The van der Waals surface area contributed by atoms with Gasteiger partial charge in [-0.3, -0.25) is 4.68 Å². The summed E-state index contributed by atoms with van der Waals surface area (Å²) >= 11 is 0. The Hall–Kier alpha value is -1.69. The van der Waals surface area contributed by atoms with E-state index in [-0.39, 0.29) is 5.54 Å². The second-order valence-corrected chi connectivity index (χ2v) is 4.65. The lowest BCUT2D eigenvalue weighted by Gasteiger charge is -2.27. The van der Waals surface area contributed by atoms with Crippen LogP contribution >= 0.6 is 0 Å². The first kappa shape index (κ1) is 12.8. The summed E-state index contributed by atoms with van der Waals surface area (Å²) in [6.45, 7) is 4.90. The summed E-state index contributed by atoms with van der Waals surface area (Å²) in [6, 6.07) is 0. The maximum atomic E-state index is 6.27. The molecule has 2 rings (SSSR count). The number of hydrogen-bond acceptors (Lipinski definition) is 5. The van der Waals surface area contributed by atoms with E-state index in [0.717, 1.165) is 29.7 Å². The Labute approximate surface area is 107 Å². The molecule has 0 saturated heterocycles. The van der Waals surface area contributed by atoms with Crippen molar-refractivity contribution in [2.45, 2.75) is 32.2 Å². The Morgan fingerprint density at radius 1 is 1.33 bits per heavy atom. The molecular formula is C12H20N6. The molecule has 18 heavy (non-hydrogen) atoms. The largest absolute Gasteiger partial charge is 0.368 e. The Morgan fingerprint density at radius 2 is 2.06 bits per heavy atom. The summed E-state index contributed by atoms with van der Waals surface area (Å²) in [6.07, 6.45) is 5.17. The minimum Gasteiger partial charge on any atom is -0.368 e. The summed E-state index contributed by atoms with van der Waals surface area (Å²) < 4.78 is 1.73. The summed E-state index contributed by atoms with van der Waals surface area (Å²) in [4.78, 5) is 8.47. The smallest absolute Gasteiger partial charge is 0.163 e. The molecule has 0 atom stereocenters. The molecular weight excluding hydrogens is 228 g/mol. The summed E-state index contributed by atoms with van der Waals surface area (Å²) in [5.74, 6) is 0.796. The molecule has 0 aromatic carbocycles. The third kappa shape index (κ3) is 2.28. The average molecular weight is 248 g/mol. The minimum absolute atomic E-state index is 0.195. The van der Waals surface area contributed by atoms with E-state index in [1.54, 1.807) is 17.2 Å². The Balaban J connectivity index is 2.22. The topological polar surface area (TPSA) is 81.7 Å². The SMILES string of the molecule is CCC(N)(CC)CNc1ncnc2c1cnn2C. The van der Waals surface area contributed by atoms with Crippen LogP contribution in [0.15, 0.2) is 12.5 Å². The van der Waals surface area contributed by atoms with Gasteiger partial charge in [-0.2, -0.15) is 5.10 Å². The van der Waals surface area contributed by atoms with Crippen molar-refractivity contribution in [3.63, 3.8) is 0 Å². The van der Waals surface area contributed by atoms with Gasteiger partial charge in [0.15, 0.2) is 5.65 Å². The lowest BCUT2D eigenvalue weighted by atomic mass is 9.94. The van der Waals surface area contributed by atoms with Crippen LogP contribution in [0.4, 0.5) is 5.82 Å². The predicted molar refractivity (Wildman–Crippen MR) is 72.3 cm³/mol. The maximum Gasteiger partial charge on any atom is 0.163 e. The standard InChI is InChI=1S/C12H20N6/c1-4-12(13,5-2)7-14-10-9-6-17-18(3)11(9)16-8-15-10/h6,8H,4-5,7,13H2,1-3H3,(H,14,15,16). The van der Waals surface area contributed by atoms with E-state index in [2.05, 4.69) is 34.2 Å². The van der Waals surface area contributed by atoms with E-state index in [1.165, 1.54) is 0 Å². The molecule has 0 unspecified atom stereocenters. The van der Waals surface area contributed by atoms with Gasteiger partial charge >= 0.3 is 0 Å². The molecule has 2 heterocycles. The van der Waals surface area contributed by atoms with Crippen molar-refractivity contribution in [3.05, 3.63) is 12.5 Å². The van der Waals surface area contributed by atoms with Crippen LogP contribution in [0.5, 0.6) is 0 Å². The number of nitrogens with two attached hydrogens (primary N) is 1. The second kappa shape index (κ2) is 4.89. The minimum atomic E-state index is -0.195. The van der Waals surface area contributed by atoms with E-state index in [4.69, 9.17) is 5.73 Å². The zero-order valence-corrected chi connectivity index (χ0v) is 11.1. The number of hydrogen-bond donors (Lipinski definition) is 2. The molecule has 2 aromatic rings. The van der Waals surface area contributed by atoms with Crippen LogP contribution in [0.1, 0.15) is 26.7 Å². The van der Waals surface area contributed by atoms with Gasteiger partial charge in [0.25, 0.3) is 0 Å². The molecule has 6 heteroatoms. The van der Waals surface area contributed by atoms with Gasteiger partial charge in [-0.25, -0.2) is 9.97 Å². The number of aromatic nitrogens is 4. The van der Waals surface area contributed by atoms with Gasteiger partial charge < -0.3 is 11.1 Å². The van der Waals surface area contributed by atoms with E-state index < -0.39 is 0 Å². The van der Waals surface area contributed by atoms with Crippen molar-refractivity contribution in [3.8, 4) is 0 Å². The third-order valence-corrected chi connectivity index (χ3v) is 3.55. The summed E-state index contributed by atoms with van der Waals surface area (Å²) in [5.41, 5.74) is 6.89. The van der Waals surface area contributed by atoms with Crippen LogP contribution in [-0.4, -0.2) is 31.8 Å². The van der Waals surface area contributed by atoms with Gasteiger partial charge in [0.1, 0.15) is 12.1 Å². The monoisotopic (exact) mass is 248 g/mol. The molecule has 2 aromatic heterocycles. The summed E-state index contributed by atoms with van der Waals surface area (Å²) in [5, 5.41) is 8.42. The van der Waals surface area contributed by atoms with E-state index in [1.807, 2.05) is 7.05 Å². The molecule has 3 N–H and O–H groups in total. The first-order valence-electron chi connectivity index (χ1n) is 6.25. The van der Waals surface area contributed by atoms with E-state index in [0.29, 0.717) is 6.54 Å². The molecule has 0 aliphatic rings. The second-order valence-electron chi connectivity index (χ2n) is 4.65. The van der Waals surface area contributed by atoms with E-state index >= 15 is 0 Å². The fourth-order valence-electron chi connectivity index (χ4n) is 1.86. The van der Waals surface area contributed by atoms with Crippen molar-refractivity contribution in [1.82, 2.24) is 19.7 Å². The number of fused-ring (bicyclic) bond motifs is 1. The highest BCUT2D eigenvalue weighted by Gasteiger charge is 2.20. The zero-order valence-electron chi connectivity index (χ0n) is 11.1. The lowest BCUT2D eigenvalue weighted by Crippen LogP contribution is -2.45. The van der Waals surface area contributed by atoms with Crippen molar-refractivity contribution < 1.29 is 0 Å². The van der Waals surface area contributed by atoms with Crippen LogP contribution in [0, 0.1) is 0 Å². The van der Waals surface area contributed by atoms with Crippen LogP contribution in [0.2, 0.25) is 0 Å². The normalized spacial score (nSPS) is 12.0. The molecule has 0 aliphatic carbocycles. The molecule has 0 radical (unpaired) electrons. The molecule has 6 nitrogen and oxygen atoms in total. The van der Waals surface area contributed by atoms with Crippen LogP contribution in [0.25, 0.3) is 11.0 Å². The van der Waals surface area contributed by atoms with Gasteiger partial charge in [0, 0.05) is 19.1 Å². The number of anilines is 1. The first-order valence-corrected chi connectivity index (χ1v) is 6.25. The van der Waals surface area contributed by atoms with E-state index in [9.17, 15) is 0 Å². The Bertz CT molecular complexity index is 528. The Kier molecular flexibility index (Phi) is 3.47. The number of nitrogens with one attached hydrogen (secondary N) is 1. The highest BCUT2D eigenvalue weighted by atomic mass is 15.3. The molecule has 0 fully saturated rings. The van der Waals surface area contributed by atoms with Crippen LogP contribution in [0.3, 0.4) is 0 Å². The van der Waals surface area contributed by atoms with Crippen LogP contribution < -0.4 is 11.1 Å². The fraction of sp³-hybridized carbons (Fsp3) is 0.583. The molecule has 0 aliphatic heterocycles. The quantitative estimate of drug-likeness (QED) is 0.833. The van der Waals surface area contributed by atoms with Crippen LogP contribution in [-0.2, 0) is 7.05 Å². The predicted octanol–water partition coefficient (Wildman–Crippen LogP) is 1.29. The number of rotatable bonds is 5. The maximum absolute atomic E-state index is 6.27. The third-order valence-electron chi connectivity index (χ3n) is 3.55. The summed E-state index contributed by atoms with van der Waals surface area (Å²) in [7, 11) is 1.87. The van der Waals surface area contributed by atoms with Crippen molar-refractivity contribution in [2.24, 2.45) is 12.8 Å². The molecule has 0 amide bonds. The number of nitrogens with zero attached hydrogens (tertiary/aromatic N) is 4. The number of aryl methyl sites for hydroxylation is 1. The fourth-order valence-corrected chi connectivity index (χ4v) is 1.86. The van der Waals surface area contributed by atoms with Gasteiger partial charge in [-0.05, 0) is 12.8 Å². The van der Waals surface area contributed by atoms with Crippen molar-refractivity contribution in [1.29, 1.82) is 0 Å². The van der Waals surface area contributed by atoms with Crippen molar-refractivity contribution >= 4 is 16.9 Å².